The van der Waals surface area contributed by atoms with Gasteiger partial charge in [0, 0.05) is 17.6 Å². The molecule has 51 heavy (non-hydrogen) atoms. The predicted octanol–water partition coefficient (Wildman–Crippen LogP) is 13.7. The highest BCUT2D eigenvalue weighted by Gasteiger charge is 2.12. The summed E-state index contributed by atoms with van der Waals surface area (Å²) in [6.07, 6.45) is 15.3. The van der Waals surface area contributed by atoms with Gasteiger partial charge < -0.3 is 4.90 Å². The molecular formula is C50H45N. The zero-order chi connectivity index (χ0) is 35.3. The Bertz CT molecular complexity index is 1900. The maximum atomic E-state index is 2.31. The van der Waals surface area contributed by atoms with Crippen molar-refractivity contribution in [3.8, 4) is 0 Å². The molecule has 0 spiro atoms. The fourth-order valence-electron chi connectivity index (χ4n) is 6.04. The average molecular weight is 660 g/mol. The monoisotopic (exact) mass is 659 g/mol. The Labute approximate surface area is 304 Å². The van der Waals surface area contributed by atoms with Gasteiger partial charge >= 0.3 is 0 Å². The molecule has 6 aromatic rings. The lowest BCUT2D eigenvalue weighted by atomic mass is 9.95. The summed E-state index contributed by atoms with van der Waals surface area (Å²) in [5.41, 5.74) is 12.9. The van der Waals surface area contributed by atoms with Gasteiger partial charge in [-0.2, -0.15) is 0 Å². The number of hydrogen-bond donors (Lipinski definition) is 0. The van der Waals surface area contributed by atoms with Gasteiger partial charge in [0.25, 0.3) is 0 Å². The van der Waals surface area contributed by atoms with Gasteiger partial charge in [-0.3, -0.25) is 0 Å². The molecule has 6 rings (SSSR count). The van der Waals surface area contributed by atoms with Gasteiger partial charge in [0.15, 0.2) is 0 Å². The Morgan fingerprint density at radius 2 is 0.804 bits per heavy atom. The Kier molecular flexibility index (Phi) is 11.9. The molecule has 0 aliphatic carbocycles. The first-order valence-electron chi connectivity index (χ1n) is 17.7. The topological polar surface area (TPSA) is 3.24 Å². The van der Waals surface area contributed by atoms with E-state index in [1.165, 1.54) is 39.0 Å². The van der Waals surface area contributed by atoms with Crippen LogP contribution in [0.1, 0.15) is 54.2 Å². The molecule has 0 aliphatic heterocycles. The highest BCUT2D eigenvalue weighted by Crippen LogP contribution is 2.32. The van der Waals surface area contributed by atoms with E-state index in [2.05, 4.69) is 231 Å². The van der Waals surface area contributed by atoms with Gasteiger partial charge in [-0.25, -0.2) is 0 Å². The van der Waals surface area contributed by atoms with Crippen molar-refractivity contribution in [2.45, 2.75) is 20.8 Å². The van der Waals surface area contributed by atoms with Crippen LogP contribution in [0.5, 0.6) is 0 Å². The van der Waals surface area contributed by atoms with Crippen LogP contribution >= 0.6 is 0 Å². The van der Waals surface area contributed by atoms with Crippen LogP contribution in [-0.4, -0.2) is 0 Å². The second-order valence-corrected chi connectivity index (χ2v) is 12.8. The molecule has 0 saturated carbocycles. The molecule has 0 saturated heterocycles. The number of nitrogens with zero attached hydrogens (tertiary/aromatic N) is 1. The van der Waals surface area contributed by atoms with Crippen molar-refractivity contribution in [1.82, 2.24) is 0 Å². The number of allylic oxidation sites excluding steroid dienone is 5. The third-order valence-electron chi connectivity index (χ3n) is 8.84. The lowest BCUT2D eigenvalue weighted by Gasteiger charge is -2.24. The Morgan fingerprint density at radius 1 is 0.451 bits per heavy atom. The minimum absolute atomic E-state index is 0.344. The zero-order valence-corrected chi connectivity index (χ0v) is 29.7. The molecule has 0 radical (unpaired) electrons. The van der Waals surface area contributed by atoms with Crippen LogP contribution in [0.2, 0.25) is 0 Å². The largest absolute Gasteiger partial charge is 0.317 e. The van der Waals surface area contributed by atoms with Crippen molar-refractivity contribution in [2.75, 3.05) is 4.90 Å². The summed E-state index contributed by atoms with van der Waals surface area (Å²) in [5.74, 6) is 0.344. The maximum absolute atomic E-state index is 2.31. The molecule has 250 valence electrons. The molecule has 0 aromatic heterocycles. The molecule has 1 heteroatoms. The SMILES string of the molecule is C\C=C/C=C\C(=C\N(c1ccc(C=C(c2ccccc2)c2ccccc2)cc1)c1ccc(C=C(c2ccccc2)c2ccccc2)cc1)C(C)C. The summed E-state index contributed by atoms with van der Waals surface area (Å²) in [4.78, 5) is 2.31. The summed E-state index contributed by atoms with van der Waals surface area (Å²) >= 11 is 0. The van der Waals surface area contributed by atoms with Gasteiger partial charge in [-0.15, -0.1) is 0 Å². The van der Waals surface area contributed by atoms with Gasteiger partial charge in [-0.1, -0.05) is 184 Å². The van der Waals surface area contributed by atoms with E-state index in [0.29, 0.717) is 5.92 Å². The highest BCUT2D eigenvalue weighted by atomic mass is 15.1. The second-order valence-electron chi connectivity index (χ2n) is 12.8. The number of rotatable bonds is 12. The van der Waals surface area contributed by atoms with E-state index in [4.69, 9.17) is 0 Å². The Balaban J connectivity index is 1.39. The lowest BCUT2D eigenvalue weighted by Crippen LogP contribution is -2.11. The van der Waals surface area contributed by atoms with E-state index in [9.17, 15) is 0 Å². The standard InChI is InChI=1S/C50H45N/c1-4-5-10-27-46(39(2)3)38-51(47-32-28-40(29-33-47)36-49(42-19-11-6-12-20-42)43-21-13-7-14-22-43)48-34-30-41(31-35-48)37-50(44-23-15-8-16-24-44)45-25-17-9-18-26-45/h4-39H,1-3H3/b5-4-,27-10-,46-38-. The first kappa shape index (κ1) is 34.7. The zero-order valence-electron chi connectivity index (χ0n) is 29.7. The average Bonchev–Trinajstić information content (AvgIpc) is 3.19. The molecule has 0 bridgehead atoms. The van der Waals surface area contributed by atoms with E-state index < -0.39 is 0 Å². The third kappa shape index (κ3) is 9.29. The molecule has 0 amide bonds. The van der Waals surface area contributed by atoms with E-state index >= 15 is 0 Å². The Morgan fingerprint density at radius 3 is 1.12 bits per heavy atom. The molecular weight excluding hydrogens is 615 g/mol. The van der Waals surface area contributed by atoms with E-state index in [1.54, 1.807) is 0 Å². The highest BCUT2D eigenvalue weighted by molar-refractivity contribution is 5.92. The van der Waals surface area contributed by atoms with Gasteiger partial charge in [0.2, 0.25) is 0 Å². The summed E-state index contributed by atoms with van der Waals surface area (Å²) < 4.78 is 0. The molecule has 0 atom stereocenters. The van der Waals surface area contributed by atoms with E-state index in [-0.39, 0.29) is 0 Å². The molecule has 0 heterocycles. The van der Waals surface area contributed by atoms with Crippen LogP contribution in [0, 0.1) is 5.92 Å². The van der Waals surface area contributed by atoms with Crippen molar-refractivity contribution in [2.24, 2.45) is 5.92 Å². The molecule has 6 aromatic carbocycles. The molecule has 1 nitrogen and oxygen atoms in total. The van der Waals surface area contributed by atoms with Crippen LogP contribution in [0.25, 0.3) is 23.3 Å². The van der Waals surface area contributed by atoms with Crippen molar-refractivity contribution in [3.63, 3.8) is 0 Å². The van der Waals surface area contributed by atoms with Crippen molar-refractivity contribution < 1.29 is 0 Å². The van der Waals surface area contributed by atoms with Gasteiger partial charge in [0.05, 0.1) is 0 Å². The minimum atomic E-state index is 0.344. The van der Waals surface area contributed by atoms with Gasteiger partial charge in [-0.05, 0) is 99.4 Å². The van der Waals surface area contributed by atoms with Gasteiger partial charge in [0.1, 0.15) is 0 Å². The summed E-state index contributed by atoms with van der Waals surface area (Å²) in [6, 6.07) is 60.2. The maximum Gasteiger partial charge on any atom is 0.0456 e. The van der Waals surface area contributed by atoms with Crippen molar-refractivity contribution in [1.29, 1.82) is 0 Å². The fourth-order valence-corrected chi connectivity index (χ4v) is 6.04. The molecule has 0 unspecified atom stereocenters. The normalized spacial score (nSPS) is 11.6. The van der Waals surface area contributed by atoms with Crippen LogP contribution in [-0.2, 0) is 0 Å². The van der Waals surface area contributed by atoms with Crippen LogP contribution < -0.4 is 4.90 Å². The van der Waals surface area contributed by atoms with Crippen LogP contribution in [0.4, 0.5) is 11.4 Å². The fraction of sp³-hybridized carbons (Fsp3) is 0.0800. The number of hydrogen-bond acceptors (Lipinski definition) is 1. The third-order valence-corrected chi connectivity index (χ3v) is 8.84. The number of anilines is 2. The second kappa shape index (κ2) is 17.5. The van der Waals surface area contributed by atoms with E-state index in [1.807, 2.05) is 6.92 Å². The summed E-state index contributed by atoms with van der Waals surface area (Å²) in [6.45, 7) is 6.54. The minimum Gasteiger partial charge on any atom is -0.317 e. The smallest absolute Gasteiger partial charge is 0.0456 e. The quantitative estimate of drug-likeness (QED) is 0.0933. The van der Waals surface area contributed by atoms with Crippen LogP contribution in [0.15, 0.2) is 206 Å². The summed E-state index contributed by atoms with van der Waals surface area (Å²) in [5, 5.41) is 0. The Hall–Kier alpha value is -6.18. The lowest BCUT2D eigenvalue weighted by molar-refractivity contribution is 0.787. The molecule has 0 fully saturated rings. The molecule has 0 N–H and O–H groups in total. The van der Waals surface area contributed by atoms with Crippen molar-refractivity contribution >= 4 is 34.7 Å². The predicted molar refractivity (Wildman–Crippen MR) is 222 cm³/mol. The first-order chi connectivity index (χ1) is 25.1. The molecule has 0 aliphatic rings. The van der Waals surface area contributed by atoms with Crippen molar-refractivity contribution in [3.05, 3.63) is 239 Å². The summed E-state index contributed by atoms with van der Waals surface area (Å²) in [7, 11) is 0. The van der Waals surface area contributed by atoms with E-state index in [0.717, 1.165) is 22.5 Å². The first-order valence-corrected chi connectivity index (χ1v) is 17.7. The number of benzene rings is 6. The van der Waals surface area contributed by atoms with Crippen LogP contribution in [0.3, 0.4) is 0 Å².